The van der Waals surface area contributed by atoms with Gasteiger partial charge < -0.3 is 9.63 Å². The van der Waals surface area contributed by atoms with E-state index in [4.69, 9.17) is 4.52 Å². The molecule has 0 aliphatic carbocycles. The Balaban J connectivity index is 2.15. The van der Waals surface area contributed by atoms with E-state index in [-0.39, 0.29) is 17.5 Å². The van der Waals surface area contributed by atoms with E-state index in [1.54, 1.807) is 24.3 Å². The fourth-order valence-electron chi connectivity index (χ4n) is 2.11. The summed E-state index contributed by atoms with van der Waals surface area (Å²) in [5.74, 6) is 0.234. The van der Waals surface area contributed by atoms with Crippen molar-refractivity contribution >= 4 is 10.8 Å². The third-order valence-electron chi connectivity index (χ3n) is 3.23. The molecule has 1 unspecified atom stereocenters. The number of aliphatic hydroxyl groups excluding tert-OH is 1. The van der Waals surface area contributed by atoms with Crippen molar-refractivity contribution in [3.8, 4) is 11.5 Å². The lowest BCUT2D eigenvalue weighted by molar-refractivity contribution is 0.159. The lowest BCUT2D eigenvalue weighted by Gasteiger charge is -2.03. The Morgan fingerprint density at radius 1 is 1.20 bits per heavy atom. The molecule has 0 saturated carbocycles. The quantitative estimate of drug-likeness (QED) is 0.793. The SMILES string of the molecule is CCC(O)c1noc(-c2ccc(F)c3ccccc23)n1. The first-order valence-electron chi connectivity index (χ1n) is 6.40. The van der Waals surface area contributed by atoms with Crippen LogP contribution in [-0.4, -0.2) is 15.2 Å². The highest BCUT2D eigenvalue weighted by molar-refractivity contribution is 5.95. The van der Waals surface area contributed by atoms with Crippen LogP contribution >= 0.6 is 0 Å². The van der Waals surface area contributed by atoms with Crippen LogP contribution in [0.15, 0.2) is 40.9 Å². The predicted octanol–water partition coefficient (Wildman–Crippen LogP) is 3.47. The van der Waals surface area contributed by atoms with Gasteiger partial charge in [-0.3, -0.25) is 0 Å². The van der Waals surface area contributed by atoms with Crippen LogP contribution in [0, 0.1) is 5.82 Å². The van der Waals surface area contributed by atoms with Gasteiger partial charge in [-0.25, -0.2) is 4.39 Å². The van der Waals surface area contributed by atoms with Crippen LogP contribution in [0.2, 0.25) is 0 Å². The average molecular weight is 272 g/mol. The van der Waals surface area contributed by atoms with Gasteiger partial charge in [0.15, 0.2) is 0 Å². The van der Waals surface area contributed by atoms with Gasteiger partial charge in [0.2, 0.25) is 5.82 Å². The molecule has 0 aliphatic rings. The first-order chi connectivity index (χ1) is 9.70. The second-order valence-corrected chi connectivity index (χ2v) is 4.52. The predicted molar refractivity (Wildman–Crippen MR) is 72.4 cm³/mol. The van der Waals surface area contributed by atoms with Crippen LogP contribution in [0.5, 0.6) is 0 Å². The molecule has 1 atom stereocenters. The van der Waals surface area contributed by atoms with E-state index >= 15 is 0 Å². The zero-order valence-electron chi connectivity index (χ0n) is 10.9. The Bertz CT molecular complexity index is 754. The Hall–Kier alpha value is -2.27. The molecular formula is C15H13FN2O2. The molecular weight excluding hydrogens is 259 g/mol. The molecule has 0 saturated heterocycles. The first-order valence-corrected chi connectivity index (χ1v) is 6.40. The van der Waals surface area contributed by atoms with Crippen molar-refractivity contribution in [3.63, 3.8) is 0 Å². The van der Waals surface area contributed by atoms with E-state index in [1.807, 2.05) is 13.0 Å². The molecule has 0 bridgehead atoms. The highest BCUT2D eigenvalue weighted by atomic mass is 19.1. The summed E-state index contributed by atoms with van der Waals surface area (Å²) in [6.07, 6.45) is -0.248. The molecule has 0 aliphatic heterocycles. The Morgan fingerprint density at radius 2 is 1.95 bits per heavy atom. The number of fused-ring (bicyclic) bond motifs is 1. The van der Waals surface area contributed by atoms with Crippen molar-refractivity contribution in [1.29, 1.82) is 0 Å². The molecule has 3 rings (SSSR count). The molecule has 20 heavy (non-hydrogen) atoms. The highest BCUT2D eigenvalue weighted by Crippen LogP contribution is 2.29. The maximum absolute atomic E-state index is 13.8. The lowest BCUT2D eigenvalue weighted by Crippen LogP contribution is -1.97. The molecule has 0 fully saturated rings. The summed E-state index contributed by atoms with van der Waals surface area (Å²) in [4.78, 5) is 4.18. The Morgan fingerprint density at radius 3 is 2.70 bits per heavy atom. The van der Waals surface area contributed by atoms with Gasteiger partial charge in [-0.1, -0.05) is 36.3 Å². The number of rotatable bonds is 3. The van der Waals surface area contributed by atoms with Gasteiger partial charge in [-0.2, -0.15) is 4.98 Å². The molecule has 0 spiro atoms. The standard InChI is InChI=1S/C15H13FN2O2/c1-2-13(19)14-17-15(20-18-14)11-7-8-12(16)10-6-4-3-5-9(10)11/h3-8,13,19H,2H2,1H3. The number of aromatic nitrogens is 2. The number of nitrogens with zero attached hydrogens (tertiary/aromatic N) is 2. The summed E-state index contributed by atoms with van der Waals surface area (Å²) in [5, 5.41) is 14.7. The molecule has 5 heteroatoms. The number of aliphatic hydroxyl groups is 1. The number of benzene rings is 2. The first kappa shape index (κ1) is 12.7. The van der Waals surface area contributed by atoms with Crippen molar-refractivity contribution in [1.82, 2.24) is 10.1 Å². The van der Waals surface area contributed by atoms with Crippen LogP contribution < -0.4 is 0 Å². The molecule has 3 aromatic rings. The smallest absolute Gasteiger partial charge is 0.258 e. The van der Waals surface area contributed by atoms with Crippen LogP contribution in [0.25, 0.3) is 22.2 Å². The van der Waals surface area contributed by atoms with Crippen molar-refractivity contribution < 1.29 is 14.0 Å². The van der Waals surface area contributed by atoms with Gasteiger partial charge in [-0.15, -0.1) is 0 Å². The number of halogens is 1. The molecule has 4 nitrogen and oxygen atoms in total. The van der Waals surface area contributed by atoms with Crippen LogP contribution in [-0.2, 0) is 0 Å². The summed E-state index contributed by atoms with van der Waals surface area (Å²) in [6, 6.07) is 10.1. The molecule has 0 radical (unpaired) electrons. The molecule has 1 aromatic heterocycles. The third kappa shape index (κ3) is 2.06. The summed E-state index contributed by atoms with van der Waals surface area (Å²) in [7, 11) is 0. The summed E-state index contributed by atoms with van der Waals surface area (Å²) in [5.41, 5.74) is 0.657. The van der Waals surface area contributed by atoms with Crippen molar-refractivity contribution in [2.75, 3.05) is 0 Å². The number of hydrogen-bond acceptors (Lipinski definition) is 4. The Labute approximate surface area is 114 Å². The molecule has 2 aromatic carbocycles. The molecule has 1 N–H and O–H groups in total. The maximum Gasteiger partial charge on any atom is 0.258 e. The molecule has 1 heterocycles. The van der Waals surface area contributed by atoms with Crippen molar-refractivity contribution in [2.45, 2.75) is 19.4 Å². The summed E-state index contributed by atoms with van der Waals surface area (Å²) < 4.78 is 18.9. The van der Waals surface area contributed by atoms with Gasteiger partial charge in [0.05, 0.1) is 0 Å². The summed E-state index contributed by atoms with van der Waals surface area (Å²) >= 11 is 0. The van der Waals surface area contributed by atoms with E-state index in [9.17, 15) is 9.50 Å². The summed E-state index contributed by atoms with van der Waals surface area (Å²) in [6.45, 7) is 1.83. The van der Waals surface area contributed by atoms with E-state index in [2.05, 4.69) is 10.1 Å². The average Bonchev–Trinajstić information content (AvgIpc) is 2.97. The van der Waals surface area contributed by atoms with Crippen LogP contribution in [0.3, 0.4) is 0 Å². The zero-order valence-corrected chi connectivity index (χ0v) is 10.9. The van der Waals surface area contributed by atoms with Crippen LogP contribution in [0.4, 0.5) is 4.39 Å². The van der Waals surface area contributed by atoms with Gasteiger partial charge >= 0.3 is 0 Å². The van der Waals surface area contributed by atoms with E-state index in [0.29, 0.717) is 22.8 Å². The van der Waals surface area contributed by atoms with E-state index < -0.39 is 6.10 Å². The molecule has 102 valence electrons. The Kier molecular flexibility index (Phi) is 3.20. The second-order valence-electron chi connectivity index (χ2n) is 4.52. The minimum atomic E-state index is -0.751. The monoisotopic (exact) mass is 272 g/mol. The normalized spacial score (nSPS) is 12.8. The minimum absolute atomic E-state index is 0.246. The highest BCUT2D eigenvalue weighted by Gasteiger charge is 2.17. The number of hydrogen-bond donors (Lipinski definition) is 1. The van der Waals surface area contributed by atoms with Gasteiger partial charge in [-0.05, 0) is 23.9 Å². The third-order valence-corrected chi connectivity index (χ3v) is 3.23. The van der Waals surface area contributed by atoms with E-state index in [1.165, 1.54) is 6.07 Å². The maximum atomic E-state index is 13.8. The van der Waals surface area contributed by atoms with E-state index in [0.717, 1.165) is 0 Å². The fraction of sp³-hybridized carbons (Fsp3) is 0.200. The molecule has 0 amide bonds. The van der Waals surface area contributed by atoms with Gasteiger partial charge in [0, 0.05) is 10.9 Å². The van der Waals surface area contributed by atoms with Gasteiger partial charge in [0.25, 0.3) is 5.89 Å². The minimum Gasteiger partial charge on any atom is -0.385 e. The lowest BCUT2D eigenvalue weighted by atomic mass is 10.0. The zero-order chi connectivity index (χ0) is 14.1. The largest absolute Gasteiger partial charge is 0.385 e. The van der Waals surface area contributed by atoms with Crippen molar-refractivity contribution in [2.24, 2.45) is 0 Å². The van der Waals surface area contributed by atoms with Crippen LogP contribution in [0.1, 0.15) is 25.3 Å². The van der Waals surface area contributed by atoms with Crippen molar-refractivity contribution in [3.05, 3.63) is 48.0 Å². The topological polar surface area (TPSA) is 59.2 Å². The fourth-order valence-corrected chi connectivity index (χ4v) is 2.11. The second kappa shape index (κ2) is 5.02. The van der Waals surface area contributed by atoms with Gasteiger partial charge in [0.1, 0.15) is 11.9 Å².